The number of unbranched alkanes of at least 4 members (excludes halogenated alkanes) is 23. The first-order valence-corrected chi connectivity index (χ1v) is 32.8. The van der Waals surface area contributed by atoms with Crippen LogP contribution in [-0.2, 0) is 28.6 Å². The van der Waals surface area contributed by atoms with Gasteiger partial charge in [0.1, 0.15) is 13.2 Å². The second kappa shape index (κ2) is 66.8. The minimum absolute atomic E-state index is 0.103. The van der Waals surface area contributed by atoms with Crippen LogP contribution in [0.5, 0.6) is 0 Å². The van der Waals surface area contributed by atoms with Gasteiger partial charge in [0.15, 0.2) is 6.10 Å². The summed E-state index contributed by atoms with van der Waals surface area (Å²) in [5.74, 6) is -0.972. The van der Waals surface area contributed by atoms with Crippen LogP contribution in [0.1, 0.15) is 284 Å². The molecule has 80 heavy (non-hydrogen) atoms. The molecule has 0 saturated heterocycles. The van der Waals surface area contributed by atoms with E-state index in [-0.39, 0.29) is 37.5 Å². The van der Waals surface area contributed by atoms with E-state index in [1.165, 1.54) is 116 Å². The summed E-state index contributed by atoms with van der Waals surface area (Å²) in [6, 6.07) is 0. The highest BCUT2D eigenvalue weighted by Crippen LogP contribution is 2.16. The van der Waals surface area contributed by atoms with Gasteiger partial charge in [-0.2, -0.15) is 0 Å². The lowest BCUT2D eigenvalue weighted by molar-refractivity contribution is -0.167. The Morgan fingerprint density at radius 2 is 0.500 bits per heavy atom. The lowest BCUT2D eigenvalue weighted by Crippen LogP contribution is -2.30. The number of ether oxygens (including phenoxy) is 3. The third-order valence-corrected chi connectivity index (χ3v) is 13.6. The average Bonchev–Trinajstić information content (AvgIpc) is 3.46. The molecule has 0 aromatic rings. The summed E-state index contributed by atoms with van der Waals surface area (Å²) in [7, 11) is 0. The van der Waals surface area contributed by atoms with Crippen LogP contribution in [0.4, 0.5) is 0 Å². The molecule has 0 aliphatic carbocycles. The number of carbonyl (C=O) groups excluding carboxylic acids is 3. The molecule has 0 bridgehead atoms. The zero-order valence-electron chi connectivity index (χ0n) is 51.8. The van der Waals surface area contributed by atoms with Crippen LogP contribution >= 0.6 is 0 Å². The third kappa shape index (κ3) is 64.1. The highest BCUT2D eigenvalue weighted by Gasteiger charge is 2.19. The predicted octanol–water partition coefficient (Wildman–Crippen LogP) is 22.7. The Hall–Kier alpha value is -4.71. The molecule has 0 radical (unpaired) electrons. The summed E-state index contributed by atoms with van der Waals surface area (Å²) in [4.78, 5) is 38.0. The predicted molar refractivity (Wildman–Crippen MR) is 348 cm³/mol. The first-order chi connectivity index (χ1) is 39.5. The van der Waals surface area contributed by atoms with Crippen LogP contribution in [0, 0.1) is 0 Å². The fourth-order valence-corrected chi connectivity index (χ4v) is 8.75. The fraction of sp³-hybridized carbons (Fsp3) is 0.635. The second-order valence-electron chi connectivity index (χ2n) is 21.3. The van der Waals surface area contributed by atoms with E-state index in [1.807, 2.05) is 0 Å². The smallest absolute Gasteiger partial charge is 0.306 e. The van der Waals surface area contributed by atoms with Crippen molar-refractivity contribution in [2.75, 3.05) is 13.2 Å². The Kier molecular flexibility index (Phi) is 62.9. The van der Waals surface area contributed by atoms with Crippen LogP contribution < -0.4 is 0 Å². The summed E-state index contributed by atoms with van der Waals surface area (Å²) in [5, 5.41) is 0. The van der Waals surface area contributed by atoms with Gasteiger partial charge in [-0.1, -0.05) is 295 Å². The number of hydrogen-bond donors (Lipinski definition) is 0. The van der Waals surface area contributed by atoms with Crippen molar-refractivity contribution in [2.45, 2.75) is 290 Å². The van der Waals surface area contributed by atoms with Gasteiger partial charge < -0.3 is 14.2 Å². The van der Waals surface area contributed by atoms with Crippen molar-refractivity contribution in [1.82, 2.24) is 0 Å². The van der Waals surface area contributed by atoms with Crippen molar-refractivity contribution in [3.8, 4) is 0 Å². The highest BCUT2D eigenvalue weighted by molar-refractivity contribution is 5.71. The Morgan fingerprint density at radius 3 is 0.800 bits per heavy atom. The maximum atomic E-state index is 12.8. The molecule has 6 nitrogen and oxygen atoms in total. The van der Waals surface area contributed by atoms with Gasteiger partial charge in [0.25, 0.3) is 0 Å². The lowest BCUT2D eigenvalue weighted by atomic mass is 10.0. The van der Waals surface area contributed by atoms with Gasteiger partial charge in [-0.3, -0.25) is 14.4 Å². The molecule has 0 aromatic carbocycles. The van der Waals surface area contributed by atoms with Crippen molar-refractivity contribution < 1.29 is 28.6 Å². The summed E-state index contributed by atoms with van der Waals surface area (Å²) >= 11 is 0. The fourth-order valence-electron chi connectivity index (χ4n) is 8.75. The molecule has 0 rings (SSSR count). The molecule has 0 spiro atoms. The van der Waals surface area contributed by atoms with E-state index < -0.39 is 6.10 Å². The van der Waals surface area contributed by atoms with Crippen molar-refractivity contribution in [3.63, 3.8) is 0 Å². The molecule has 0 N–H and O–H groups in total. The average molecular weight is 1110 g/mol. The molecular weight excluding hydrogens is 985 g/mol. The third-order valence-electron chi connectivity index (χ3n) is 13.6. The van der Waals surface area contributed by atoms with Gasteiger partial charge in [0, 0.05) is 19.3 Å². The molecule has 452 valence electrons. The lowest BCUT2D eigenvalue weighted by Gasteiger charge is -2.18. The van der Waals surface area contributed by atoms with E-state index in [0.29, 0.717) is 19.3 Å². The number of hydrogen-bond acceptors (Lipinski definition) is 6. The van der Waals surface area contributed by atoms with E-state index in [1.54, 1.807) is 0 Å². The second-order valence-corrected chi connectivity index (χ2v) is 21.3. The Bertz CT molecular complexity index is 1750. The zero-order valence-corrected chi connectivity index (χ0v) is 51.8. The Labute approximate surface area is 493 Å². The molecule has 1 unspecified atom stereocenters. The van der Waals surface area contributed by atoms with Gasteiger partial charge in [0.2, 0.25) is 0 Å². The molecule has 0 aliphatic rings. The maximum absolute atomic E-state index is 12.8. The molecule has 1 atom stereocenters. The SMILES string of the molecule is CC/C=C\C/C=C\C/C=C\C/C=C\C/C=C\C/C=C\C/C=C\CCCC(=O)OC(COC(=O)CCCCCCCC)COC(=O)CCCCCCCCCCCCCCCCCCC/C=C\C/C=C\C/C=C\C/C=C\C/C=C\CC. The summed E-state index contributed by atoms with van der Waals surface area (Å²) in [6.45, 7) is 6.31. The quantitative estimate of drug-likeness (QED) is 0.0261. The zero-order chi connectivity index (χ0) is 57.8. The van der Waals surface area contributed by atoms with Gasteiger partial charge in [-0.25, -0.2) is 0 Å². The molecule has 0 amide bonds. The normalized spacial score (nSPS) is 13.1. The number of rotatable bonds is 58. The largest absolute Gasteiger partial charge is 0.462 e. The van der Waals surface area contributed by atoms with E-state index in [4.69, 9.17) is 14.2 Å². The molecular formula is C74H120O6. The Balaban J connectivity index is 4.12. The van der Waals surface area contributed by atoms with Crippen LogP contribution in [0.25, 0.3) is 0 Å². The van der Waals surface area contributed by atoms with Crippen molar-refractivity contribution in [2.24, 2.45) is 0 Å². The minimum Gasteiger partial charge on any atom is -0.462 e. The van der Waals surface area contributed by atoms with Crippen molar-refractivity contribution in [1.29, 1.82) is 0 Å². The monoisotopic (exact) mass is 1100 g/mol. The van der Waals surface area contributed by atoms with E-state index in [9.17, 15) is 14.4 Å². The summed E-state index contributed by atoms with van der Waals surface area (Å²) < 4.78 is 16.8. The minimum atomic E-state index is -0.810. The van der Waals surface area contributed by atoms with Gasteiger partial charge in [-0.15, -0.1) is 0 Å². The molecule has 0 aliphatic heterocycles. The van der Waals surface area contributed by atoms with E-state index >= 15 is 0 Å². The van der Waals surface area contributed by atoms with Crippen molar-refractivity contribution in [3.05, 3.63) is 146 Å². The van der Waals surface area contributed by atoms with Gasteiger partial charge in [-0.05, 0) is 116 Å². The first-order valence-electron chi connectivity index (χ1n) is 32.8. The summed E-state index contributed by atoms with van der Waals surface area (Å²) in [6.07, 6.45) is 96.2. The maximum Gasteiger partial charge on any atom is 0.306 e. The first kappa shape index (κ1) is 75.3. The van der Waals surface area contributed by atoms with Crippen LogP contribution in [-0.4, -0.2) is 37.2 Å². The van der Waals surface area contributed by atoms with E-state index in [0.717, 1.165) is 122 Å². The molecule has 6 heteroatoms. The highest BCUT2D eigenvalue weighted by atomic mass is 16.6. The number of allylic oxidation sites excluding steroid dienone is 24. The van der Waals surface area contributed by atoms with Crippen molar-refractivity contribution >= 4 is 17.9 Å². The van der Waals surface area contributed by atoms with Crippen LogP contribution in [0.2, 0.25) is 0 Å². The van der Waals surface area contributed by atoms with Gasteiger partial charge in [0.05, 0.1) is 0 Å². The Morgan fingerprint density at radius 1 is 0.263 bits per heavy atom. The number of esters is 3. The topological polar surface area (TPSA) is 78.9 Å². The van der Waals surface area contributed by atoms with Crippen LogP contribution in [0.15, 0.2) is 146 Å². The van der Waals surface area contributed by atoms with E-state index in [2.05, 4.69) is 167 Å². The van der Waals surface area contributed by atoms with Crippen LogP contribution in [0.3, 0.4) is 0 Å². The summed E-state index contributed by atoms with van der Waals surface area (Å²) in [5.41, 5.74) is 0. The number of carbonyl (C=O) groups is 3. The standard InChI is InChI=1S/C74H120O6/c1-4-7-10-13-16-18-20-22-24-26-28-30-32-33-34-35-36-37-38-39-40-41-43-44-46-48-50-52-54-56-58-61-64-67-73(76)79-70-71(69-78-72(75)66-63-60-15-12-9-6-3)80-74(77)68-65-62-59-57-55-53-51-49-47-45-42-31-29-27-25-23-21-19-17-14-11-8-5-2/h7-8,10-11,16-19,22-25,28-31,33-34,45,47,51,53,57,59,71H,4-6,9,12-15,20-21,26-27,32,35-44,46,48-50,52,54-56,58,60-70H2,1-3H3/b10-7-,11-8-,18-16-,19-17-,24-22-,25-23-,30-28-,31-29-,34-33-,47-45-,53-51-,59-57-. The van der Waals surface area contributed by atoms with Gasteiger partial charge >= 0.3 is 17.9 Å². The molecule has 0 saturated carbocycles. The molecule has 0 fully saturated rings. The molecule has 0 heterocycles. The molecule has 0 aromatic heterocycles.